The van der Waals surface area contributed by atoms with Gasteiger partial charge in [0.2, 0.25) is 5.91 Å². The average molecular weight is 275 g/mol. The number of likely N-dealkylation sites (N-methyl/N-ethyl adjacent to an activating group) is 1. The van der Waals surface area contributed by atoms with E-state index in [1.807, 2.05) is 19.1 Å². The van der Waals surface area contributed by atoms with Crippen LogP contribution in [0.4, 0.5) is 5.69 Å². The van der Waals surface area contributed by atoms with E-state index in [9.17, 15) is 4.79 Å². The molecule has 1 saturated carbocycles. The molecule has 2 unspecified atom stereocenters. The summed E-state index contributed by atoms with van der Waals surface area (Å²) in [5.74, 6) is 0.664. The first kappa shape index (κ1) is 14.9. The summed E-state index contributed by atoms with van der Waals surface area (Å²) in [5.41, 5.74) is 7.97. The van der Waals surface area contributed by atoms with Crippen LogP contribution in [0.1, 0.15) is 31.7 Å². The fourth-order valence-corrected chi connectivity index (χ4v) is 2.89. The van der Waals surface area contributed by atoms with Gasteiger partial charge in [-0.3, -0.25) is 4.79 Å². The third-order valence-corrected chi connectivity index (χ3v) is 4.01. The van der Waals surface area contributed by atoms with Crippen LogP contribution in [-0.2, 0) is 11.2 Å². The molecule has 20 heavy (non-hydrogen) atoms. The summed E-state index contributed by atoms with van der Waals surface area (Å²) in [6.07, 6.45) is 4.13. The Bertz CT molecular complexity index is 430. The maximum atomic E-state index is 11.5. The zero-order valence-corrected chi connectivity index (χ0v) is 12.2. The van der Waals surface area contributed by atoms with Gasteiger partial charge in [0.15, 0.2) is 0 Å². The Morgan fingerprint density at radius 3 is 2.70 bits per heavy atom. The third kappa shape index (κ3) is 3.97. The van der Waals surface area contributed by atoms with Crippen molar-refractivity contribution in [3.8, 4) is 0 Å². The molecule has 1 aromatic rings. The number of hydrogen-bond donors (Lipinski definition) is 3. The fourth-order valence-electron chi connectivity index (χ4n) is 2.89. The summed E-state index contributed by atoms with van der Waals surface area (Å²) in [4.78, 5) is 11.5. The Kier molecular flexibility index (Phi) is 5.41. The van der Waals surface area contributed by atoms with Crippen LogP contribution >= 0.6 is 0 Å². The zero-order chi connectivity index (χ0) is 14.4. The van der Waals surface area contributed by atoms with E-state index in [0.29, 0.717) is 24.9 Å². The van der Waals surface area contributed by atoms with Crippen molar-refractivity contribution < 1.29 is 4.79 Å². The van der Waals surface area contributed by atoms with Gasteiger partial charge in [0.1, 0.15) is 0 Å². The molecule has 2 rings (SSSR count). The monoisotopic (exact) mass is 275 g/mol. The lowest BCUT2D eigenvalue weighted by Gasteiger charge is -2.20. The van der Waals surface area contributed by atoms with Gasteiger partial charge in [0.05, 0.1) is 6.42 Å². The molecule has 1 aliphatic rings. The Hall–Kier alpha value is -1.55. The highest BCUT2D eigenvalue weighted by Gasteiger charge is 2.25. The molecule has 2 atom stereocenters. The summed E-state index contributed by atoms with van der Waals surface area (Å²) >= 11 is 0. The Labute approximate surface area is 121 Å². The second-order valence-corrected chi connectivity index (χ2v) is 5.50. The van der Waals surface area contributed by atoms with Crippen LogP contribution < -0.4 is 16.4 Å². The molecular formula is C16H25N3O. The number of rotatable bonds is 6. The number of anilines is 1. The number of carbonyl (C=O) groups is 1. The van der Waals surface area contributed by atoms with E-state index >= 15 is 0 Å². The molecular weight excluding hydrogens is 250 g/mol. The molecule has 1 fully saturated rings. The minimum Gasteiger partial charge on any atom is -0.382 e. The van der Waals surface area contributed by atoms with Crippen LogP contribution in [0.3, 0.4) is 0 Å². The van der Waals surface area contributed by atoms with Gasteiger partial charge < -0.3 is 16.4 Å². The Morgan fingerprint density at radius 2 is 2.05 bits per heavy atom. The van der Waals surface area contributed by atoms with Crippen LogP contribution in [-0.4, -0.2) is 25.0 Å². The maximum absolute atomic E-state index is 11.5. The van der Waals surface area contributed by atoms with E-state index in [1.165, 1.54) is 19.3 Å². The molecule has 0 saturated heterocycles. The lowest BCUT2D eigenvalue weighted by molar-refractivity contribution is -0.120. The van der Waals surface area contributed by atoms with Crippen LogP contribution in [0, 0.1) is 5.92 Å². The van der Waals surface area contributed by atoms with E-state index in [0.717, 1.165) is 17.8 Å². The summed E-state index contributed by atoms with van der Waals surface area (Å²) in [5, 5.41) is 6.38. The summed E-state index contributed by atoms with van der Waals surface area (Å²) in [6.45, 7) is 3.37. The Morgan fingerprint density at radius 1 is 1.30 bits per heavy atom. The van der Waals surface area contributed by atoms with E-state index in [2.05, 4.69) is 22.8 Å². The fraction of sp³-hybridized carbons (Fsp3) is 0.562. The molecule has 110 valence electrons. The number of amides is 1. The highest BCUT2D eigenvalue weighted by Crippen LogP contribution is 2.27. The largest absolute Gasteiger partial charge is 0.382 e. The van der Waals surface area contributed by atoms with Gasteiger partial charge >= 0.3 is 0 Å². The van der Waals surface area contributed by atoms with Crippen molar-refractivity contribution in [2.24, 2.45) is 11.7 Å². The second kappa shape index (κ2) is 7.29. The minimum absolute atomic E-state index is 0.0761. The third-order valence-electron chi connectivity index (χ3n) is 4.01. The van der Waals surface area contributed by atoms with Crippen molar-refractivity contribution in [3.63, 3.8) is 0 Å². The van der Waals surface area contributed by atoms with E-state index in [-0.39, 0.29) is 5.91 Å². The lowest BCUT2D eigenvalue weighted by Crippen LogP contribution is -2.29. The molecule has 4 N–H and O–H groups in total. The lowest BCUT2D eigenvalue weighted by atomic mass is 10.0. The van der Waals surface area contributed by atoms with Crippen LogP contribution in [0.2, 0.25) is 0 Å². The van der Waals surface area contributed by atoms with Crippen molar-refractivity contribution in [3.05, 3.63) is 29.8 Å². The van der Waals surface area contributed by atoms with E-state index < -0.39 is 0 Å². The molecule has 4 nitrogen and oxygen atoms in total. The number of carbonyl (C=O) groups excluding carboxylic acids is 1. The van der Waals surface area contributed by atoms with Crippen LogP contribution in [0.5, 0.6) is 0 Å². The Balaban J connectivity index is 1.89. The van der Waals surface area contributed by atoms with E-state index in [1.54, 1.807) is 0 Å². The van der Waals surface area contributed by atoms with Crippen molar-refractivity contribution in [1.82, 2.24) is 5.32 Å². The van der Waals surface area contributed by atoms with Gasteiger partial charge in [-0.25, -0.2) is 0 Å². The molecule has 1 aromatic carbocycles. The maximum Gasteiger partial charge on any atom is 0.224 e. The number of nitrogens with one attached hydrogen (secondary N) is 2. The molecule has 1 aliphatic carbocycles. The molecule has 0 bridgehead atoms. The average Bonchev–Trinajstić information content (AvgIpc) is 2.88. The minimum atomic E-state index is 0.0761. The standard InChI is InChI=1S/C16H25N3O/c1-2-18-16(20)10-12-6-8-14(9-7-12)19-15-5-3-4-13(15)11-17/h6-9,13,15,19H,2-5,10-11,17H2,1H3,(H,18,20). The predicted molar refractivity (Wildman–Crippen MR) is 82.6 cm³/mol. The molecule has 0 aliphatic heterocycles. The van der Waals surface area contributed by atoms with Crippen molar-refractivity contribution in [2.45, 2.75) is 38.6 Å². The van der Waals surface area contributed by atoms with Gasteiger partial charge in [0.25, 0.3) is 0 Å². The predicted octanol–water partition coefficient (Wildman–Crippen LogP) is 1.90. The topological polar surface area (TPSA) is 67.2 Å². The van der Waals surface area contributed by atoms with Gasteiger partial charge in [-0.05, 0) is 49.9 Å². The molecule has 1 amide bonds. The van der Waals surface area contributed by atoms with E-state index in [4.69, 9.17) is 5.73 Å². The van der Waals surface area contributed by atoms with Gasteiger partial charge in [-0.2, -0.15) is 0 Å². The summed E-state index contributed by atoms with van der Waals surface area (Å²) in [6, 6.07) is 8.64. The first-order chi connectivity index (χ1) is 9.72. The highest BCUT2D eigenvalue weighted by atomic mass is 16.1. The number of hydrogen-bond acceptors (Lipinski definition) is 3. The van der Waals surface area contributed by atoms with Gasteiger partial charge in [0, 0.05) is 18.3 Å². The molecule has 0 radical (unpaired) electrons. The molecule has 0 spiro atoms. The van der Waals surface area contributed by atoms with Crippen molar-refractivity contribution >= 4 is 11.6 Å². The quantitative estimate of drug-likeness (QED) is 0.743. The summed E-state index contributed by atoms with van der Waals surface area (Å²) < 4.78 is 0. The first-order valence-electron chi connectivity index (χ1n) is 7.55. The zero-order valence-electron chi connectivity index (χ0n) is 12.2. The van der Waals surface area contributed by atoms with Gasteiger partial charge in [-0.15, -0.1) is 0 Å². The van der Waals surface area contributed by atoms with Crippen LogP contribution in [0.15, 0.2) is 24.3 Å². The van der Waals surface area contributed by atoms with Crippen molar-refractivity contribution in [1.29, 1.82) is 0 Å². The SMILES string of the molecule is CCNC(=O)Cc1ccc(NC2CCCC2CN)cc1. The number of benzene rings is 1. The van der Waals surface area contributed by atoms with Crippen molar-refractivity contribution in [2.75, 3.05) is 18.4 Å². The molecule has 4 heteroatoms. The summed E-state index contributed by atoms with van der Waals surface area (Å²) in [7, 11) is 0. The highest BCUT2D eigenvalue weighted by molar-refractivity contribution is 5.78. The second-order valence-electron chi connectivity index (χ2n) is 5.50. The van der Waals surface area contributed by atoms with Gasteiger partial charge in [-0.1, -0.05) is 18.6 Å². The van der Waals surface area contributed by atoms with Crippen LogP contribution in [0.25, 0.3) is 0 Å². The normalized spacial score (nSPS) is 21.7. The smallest absolute Gasteiger partial charge is 0.224 e. The number of nitrogens with two attached hydrogens (primary N) is 1. The molecule has 0 heterocycles. The molecule has 0 aromatic heterocycles. The first-order valence-corrected chi connectivity index (χ1v) is 7.55.